The van der Waals surface area contributed by atoms with E-state index in [1.165, 1.54) is 19.4 Å². The predicted molar refractivity (Wildman–Crippen MR) is 183 cm³/mol. The quantitative estimate of drug-likeness (QED) is 0.258. The van der Waals surface area contributed by atoms with Crippen LogP contribution in [-0.2, 0) is 17.8 Å². The summed E-state index contributed by atoms with van der Waals surface area (Å²) in [6.07, 6.45) is 6.57. The average molecular weight is 629 g/mol. The van der Waals surface area contributed by atoms with Crippen LogP contribution in [0.25, 0.3) is 0 Å². The molecule has 0 spiro atoms. The van der Waals surface area contributed by atoms with E-state index >= 15 is 0 Å². The number of nitrogens with zero attached hydrogens (tertiary/aromatic N) is 1. The van der Waals surface area contributed by atoms with Crippen LogP contribution < -0.4 is 31.0 Å². The molecule has 2 aliphatic rings. The first-order valence-corrected chi connectivity index (χ1v) is 16.8. The lowest BCUT2D eigenvalue weighted by atomic mass is 9.95. The van der Waals surface area contributed by atoms with Crippen LogP contribution in [0.4, 0.5) is 4.79 Å². The van der Waals surface area contributed by atoms with Gasteiger partial charge in [-0.05, 0) is 120 Å². The van der Waals surface area contributed by atoms with Gasteiger partial charge in [0.05, 0.1) is 20.3 Å². The lowest BCUT2D eigenvalue weighted by Crippen LogP contribution is -2.43. The molecule has 254 valence electrons. The molecule has 0 aliphatic carbocycles. The summed E-state index contributed by atoms with van der Waals surface area (Å²) in [5.41, 5.74) is 12.9. The Kier molecular flexibility index (Phi) is 17.7. The van der Waals surface area contributed by atoms with Crippen LogP contribution in [-0.4, -0.2) is 63.1 Å². The summed E-state index contributed by atoms with van der Waals surface area (Å²) in [6.45, 7) is 15.9. The standard InChI is InChI=1S/C20H32N2O4.C14H22N2O.C2H6/c1-20(2,3)26-19(23)22-10-5-6-15(14-22)9-11-25-17-7-8-18(24-4)16(12-17)13-21;15-10-13-3-1-5-14(9-13)17-8-6-12-4-2-7-16-11-12;1-2/h7-8,12,15H,5-6,9-11,13-14,21H2,1-4H3;1,3,5,9,12,16H,2,4,6-8,10-11,15H2;1-2H3. The van der Waals surface area contributed by atoms with Crippen LogP contribution in [0.2, 0.25) is 0 Å². The van der Waals surface area contributed by atoms with E-state index in [1.807, 2.05) is 82.0 Å². The smallest absolute Gasteiger partial charge is 0.410 e. The predicted octanol–water partition coefficient (Wildman–Crippen LogP) is 6.51. The van der Waals surface area contributed by atoms with Crippen LogP contribution in [0.15, 0.2) is 42.5 Å². The maximum absolute atomic E-state index is 12.2. The van der Waals surface area contributed by atoms with Gasteiger partial charge in [-0.25, -0.2) is 4.79 Å². The maximum Gasteiger partial charge on any atom is 0.410 e. The van der Waals surface area contributed by atoms with E-state index in [1.54, 1.807) is 7.11 Å². The van der Waals surface area contributed by atoms with Crippen molar-refractivity contribution in [2.75, 3.05) is 46.5 Å². The number of likely N-dealkylation sites (tertiary alicyclic amines) is 1. The number of hydrogen-bond acceptors (Lipinski definition) is 8. The molecule has 2 aromatic carbocycles. The molecule has 4 rings (SSSR count). The summed E-state index contributed by atoms with van der Waals surface area (Å²) >= 11 is 0. The summed E-state index contributed by atoms with van der Waals surface area (Å²) in [4.78, 5) is 14.1. The highest BCUT2D eigenvalue weighted by Crippen LogP contribution is 2.26. The fraction of sp³-hybridized carbons (Fsp3) is 0.639. The van der Waals surface area contributed by atoms with Crippen molar-refractivity contribution in [2.24, 2.45) is 23.3 Å². The Morgan fingerprint density at radius 3 is 2.24 bits per heavy atom. The van der Waals surface area contributed by atoms with Crippen molar-refractivity contribution in [1.82, 2.24) is 10.2 Å². The molecule has 9 nitrogen and oxygen atoms in total. The van der Waals surface area contributed by atoms with E-state index in [2.05, 4.69) is 5.32 Å². The lowest BCUT2D eigenvalue weighted by Gasteiger charge is -2.34. The van der Waals surface area contributed by atoms with Crippen LogP contribution in [0.1, 0.15) is 84.3 Å². The van der Waals surface area contributed by atoms with E-state index < -0.39 is 5.60 Å². The van der Waals surface area contributed by atoms with Gasteiger partial charge in [-0.15, -0.1) is 0 Å². The summed E-state index contributed by atoms with van der Waals surface area (Å²) < 4.78 is 22.4. The fourth-order valence-corrected chi connectivity index (χ4v) is 5.42. The molecule has 1 amide bonds. The van der Waals surface area contributed by atoms with E-state index in [4.69, 9.17) is 30.4 Å². The Morgan fingerprint density at radius 1 is 0.933 bits per heavy atom. The number of nitrogens with one attached hydrogen (secondary N) is 1. The maximum atomic E-state index is 12.2. The number of piperidine rings is 2. The van der Waals surface area contributed by atoms with Crippen molar-refractivity contribution < 1.29 is 23.7 Å². The molecule has 2 atom stereocenters. The van der Waals surface area contributed by atoms with Crippen LogP contribution >= 0.6 is 0 Å². The largest absolute Gasteiger partial charge is 0.496 e. The molecule has 2 saturated heterocycles. The normalized spacial score (nSPS) is 18.0. The third kappa shape index (κ3) is 14.8. The number of nitrogens with two attached hydrogens (primary N) is 2. The Hall–Kier alpha value is -3.01. The first kappa shape index (κ1) is 38.2. The highest BCUT2D eigenvalue weighted by Gasteiger charge is 2.27. The van der Waals surface area contributed by atoms with Gasteiger partial charge in [0.2, 0.25) is 0 Å². The number of carbonyl (C=O) groups is 1. The Bertz CT molecular complexity index is 1100. The van der Waals surface area contributed by atoms with Crippen LogP contribution in [0, 0.1) is 11.8 Å². The van der Waals surface area contributed by atoms with E-state index in [0.717, 1.165) is 86.2 Å². The molecular weight excluding hydrogens is 568 g/mol. The third-order valence-electron chi connectivity index (χ3n) is 7.77. The summed E-state index contributed by atoms with van der Waals surface area (Å²) in [6, 6.07) is 13.7. The second kappa shape index (κ2) is 20.9. The van der Waals surface area contributed by atoms with Crippen molar-refractivity contribution >= 4 is 6.09 Å². The van der Waals surface area contributed by atoms with Crippen LogP contribution in [0.3, 0.4) is 0 Å². The van der Waals surface area contributed by atoms with E-state index in [0.29, 0.717) is 25.6 Å². The molecule has 9 heteroatoms. The minimum Gasteiger partial charge on any atom is -0.496 e. The number of methoxy groups -OCH3 is 1. The minimum absolute atomic E-state index is 0.217. The first-order valence-electron chi connectivity index (χ1n) is 16.8. The second-order valence-corrected chi connectivity index (χ2v) is 12.5. The molecule has 0 aromatic heterocycles. The second-order valence-electron chi connectivity index (χ2n) is 12.5. The average Bonchev–Trinajstić information content (AvgIpc) is 3.06. The zero-order chi connectivity index (χ0) is 33.1. The topological polar surface area (TPSA) is 121 Å². The van der Waals surface area contributed by atoms with Crippen molar-refractivity contribution in [2.45, 2.75) is 91.8 Å². The van der Waals surface area contributed by atoms with Crippen molar-refractivity contribution in [3.05, 3.63) is 53.6 Å². The molecule has 2 aromatic rings. The lowest BCUT2D eigenvalue weighted by molar-refractivity contribution is 0.0154. The molecule has 0 bridgehead atoms. The van der Waals surface area contributed by atoms with Gasteiger partial charge in [-0.3, -0.25) is 0 Å². The van der Waals surface area contributed by atoms with Crippen LogP contribution in [0.5, 0.6) is 17.2 Å². The number of benzene rings is 2. The minimum atomic E-state index is -0.456. The molecule has 0 radical (unpaired) electrons. The van der Waals surface area contributed by atoms with E-state index in [9.17, 15) is 4.79 Å². The van der Waals surface area contributed by atoms with Gasteiger partial charge in [0.15, 0.2) is 0 Å². The summed E-state index contributed by atoms with van der Waals surface area (Å²) in [5, 5.41) is 3.43. The Labute approximate surface area is 272 Å². The van der Waals surface area contributed by atoms with Gasteiger partial charge in [-0.1, -0.05) is 26.0 Å². The molecule has 0 saturated carbocycles. The van der Waals surface area contributed by atoms with Gasteiger partial charge in [0.1, 0.15) is 22.8 Å². The zero-order valence-corrected chi connectivity index (χ0v) is 28.7. The number of rotatable bonds is 11. The monoisotopic (exact) mass is 628 g/mol. The number of carbonyl (C=O) groups excluding carboxylic acids is 1. The SMILES string of the molecule is CC.COc1ccc(OCCC2CCCN(C(=O)OC(C)(C)C)C2)cc1CN.NCc1cccc(OCCC2CCCNC2)c1. The van der Waals surface area contributed by atoms with Crippen molar-refractivity contribution in [3.63, 3.8) is 0 Å². The fourth-order valence-electron chi connectivity index (χ4n) is 5.42. The van der Waals surface area contributed by atoms with Gasteiger partial charge < -0.3 is 40.6 Å². The molecule has 2 aliphatic heterocycles. The van der Waals surface area contributed by atoms with Gasteiger partial charge in [-0.2, -0.15) is 0 Å². The van der Waals surface area contributed by atoms with E-state index in [-0.39, 0.29) is 6.09 Å². The zero-order valence-electron chi connectivity index (χ0n) is 28.7. The highest BCUT2D eigenvalue weighted by atomic mass is 16.6. The van der Waals surface area contributed by atoms with Gasteiger partial charge >= 0.3 is 6.09 Å². The summed E-state index contributed by atoms with van der Waals surface area (Å²) in [7, 11) is 1.63. The Morgan fingerprint density at radius 2 is 1.62 bits per heavy atom. The molecule has 2 unspecified atom stereocenters. The number of amides is 1. The van der Waals surface area contributed by atoms with Gasteiger partial charge in [0.25, 0.3) is 0 Å². The third-order valence-corrected chi connectivity index (χ3v) is 7.77. The Balaban J connectivity index is 0.000000320. The molecule has 2 heterocycles. The highest BCUT2D eigenvalue weighted by molar-refractivity contribution is 5.68. The molecule has 45 heavy (non-hydrogen) atoms. The number of ether oxygens (including phenoxy) is 4. The first-order chi connectivity index (χ1) is 21.7. The molecule has 5 N–H and O–H groups in total. The molecule has 2 fully saturated rings. The molecular formula is C36H60N4O5. The summed E-state index contributed by atoms with van der Waals surface area (Å²) in [5.74, 6) is 3.73. The number of hydrogen-bond donors (Lipinski definition) is 3. The van der Waals surface area contributed by atoms with Crippen molar-refractivity contribution in [1.29, 1.82) is 0 Å². The van der Waals surface area contributed by atoms with Crippen molar-refractivity contribution in [3.8, 4) is 17.2 Å². The van der Waals surface area contributed by atoms with Gasteiger partial charge in [0, 0.05) is 31.7 Å².